The van der Waals surface area contributed by atoms with Gasteiger partial charge in [-0.1, -0.05) is 41.9 Å². The number of hydrogen-bond acceptors (Lipinski definition) is 4. The van der Waals surface area contributed by atoms with Gasteiger partial charge in [0.15, 0.2) is 0 Å². The minimum Gasteiger partial charge on any atom is -0.378 e. The highest BCUT2D eigenvalue weighted by Crippen LogP contribution is 2.30. The van der Waals surface area contributed by atoms with E-state index in [2.05, 4.69) is 0 Å². The maximum absolute atomic E-state index is 13.2. The number of sulfonamides is 1. The van der Waals surface area contributed by atoms with E-state index < -0.39 is 10.0 Å². The average molecular weight is 395 g/mol. The van der Waals surface area contributed by atoms with Gasteiger partial charge in [0.1, 0.15) is 6.54 Å². The first-order chi connectivity index (χ1) is 12.5. The first kappa shape index (κ1) is 18.7. The first-order valence-electron chi connectivity index (χ1n) is 8.18. The van der Waals surface area contributed by atoms with Crippen molar-refractivity contribution in [3.05, 3.63) is 59.6 Å². The number of morpholine rings is 1. The van der Waals surface area contributed by atoms with Crippen molar-refractivity contribution in [1.82, 2.24) is 4.90 Å². The zero-order valence-corrected chi connectivity index (χ0v) is 15.6. The number of hydrogen-bond donors (Lipinski definition) is 0. The van der Waals surface area contributed by atoms with E-state index >= 15 is 0 Å². The minimum absolute atomic E-state index is 0.106. The predicted molar refractivity (Wildman–Crippen MR) is 99.8 cm³/mol. The molecule has 1 fully saturated rings. The van der Waals surface area contributed by atoms with E-state index in [0.29, 0.717) is 26.3 Å². The molecular formula is C18H19ClN2O4S. The normalized spacial score (nSPS) is 14.9. The topological polar surface area (TPSA) is 66.9 Å². The molecule has 2 aromatic carbocycles. The van der Waals surface area contributed by atoms with E-state index in [0.717, 1.165) is 4.31 Å². The number of nitrogens with zero attached hydrogens (tertiary/aromatic N) is 2. The molecule has 0 radical (unpaired) electrons. The smallest absolute Gasteiger partial charge is 0.264 e. The lowest BCUT2D eigenvalue weighted by Gasteiger charge is -2.31. The molecule has 1 aliphatic rings. The van der Waals surface area contributed by atoms with Crippen LogP contribution in [-0.4, -0.2) is 52.1 Å². The Bertz CT molecular complexity index is 868. The zero-order valence-electron chi connectivity index (χ0n) is 14.0. The van der Waals surface area contributed by atoms with E-state index in [9.17, 15) is 13.2 Å². The summed E-state index contributed by atoms with van der Waals surface area (Å²) < 4.78 is 32.7. The molecule has 0 spiro atoms. The molecule has 0 N–H and O–H groups in total. The Morgan fingerprint density at radius 3 is 2.31 bits per heavy atom. The standard InChI is InChI=1S/C18H19ClN2O4S/c19-16-8-4-5-9-17(16)21(14-18(22)20-10-12-25-13-11-20)26(23,24)15-6-2-1-3-7-15/h1-9H,10-14H2. The molecule has 2 aromatic rings. The lowest BCUT2D eigenvalue weighted by Crippen LogP contribution is -2.47. The third-order valence-corrected chi connectivity index (χ3v) is 6.19. The van der Waals surface area contributed by atoms with Gasteiger partial charge in [0, 0.05) is 13.1 Å². The number of carbonyl (C=O) groups is 1. The van der Waals surface area contributed by atoms with Gasteiger partial charge in [-0.2, -0.15) is 0 Å². The minimum atomic E-state index is -3.94. The van der Waals surface area contributed by atoms with Crippen LogP contribution in [0.15, 0.2) is 59.5 Å². The molecule has 26 heavy (non-hydrogen) atoms. The second-order valence-corrected chi connectivity index (χ2v) is 8.04. The second kappa shape index (κ2) is 8.07. The van der Waals surface area contributed by atoms with Crippen LogP contribution >= 0.6 is 11.6 Å². The van der Waals surface area contributed by atoms with Crippen LogP contribution in [0.4, 0.5) is 5.69 Å². The maximum atomic E-state index is 13.2. The molecule has 1 amide bonds. The van der Waals surface area contributed by atoms with Crippen molar-refractivity contribution < 1.29 is 17.9 Å². The van der Waals surface area contributed by atoms with Crippen LogP contribution < -0.4 is 4.31 Å². The van der Waals surface area contributed by atoms with Gasteiger partial charge >= 0.3 is 0 Å². The molecule has 0 aliphatic carbocycles. The molecular weight excluding hydrogens is 376 g/mol. The molecule has 0 aromatic heterocycles. The molecule has 3 rings (SSSR count). The molecule has 0 saturated carbocycles. The van der Waals surface area contributed by atoms with E-state index in [1.54, 1.807) is 47.4 Å². The Balaban J connectivity index is 1.97. The van der Waals surface area contributed by atoms with E-state index in [1.807, 2.05) is 0 Å². The van der Waals surface area contributed by atoms with Crippen molar-refractivity contribution in [2.24, 2.45) is 0 Å². The fourth-order valence-electron chi connectivity index (χ4n) is 2.71. The number of ether oxygens (including phenoxy) is 1. The zero-order chi connectivity index (χ0) is 18.6. The van der Waals surface area contributed by atoms with Crippen LogP contribution in [0.1, 0.15) is 0 Å². The Morgan fingerprint density at radius 2 is 1.65 bits per heavy atom. The van der Waals surface area contributed by atoms with Crippen molar-refractivity contribution in [1.29, 1.82) is 0 Å². The molecule has 8 heteroatoms. The molecule has 6 nitrogen and oxygen atoms in total. The number of halogens is 1. The summed E-state index contributed by atoms with van der Waals surface area (Å²) in [5, 5.41) is 0.266. The van der Waals surface area contributed by atoms with Crippen LogP contribution in [0.2, 0.25) is 5.02 Å². The van der Waals surface area contributed by atoms with Crippen molar-refractivity contribution >= 4 is 33.2 Å². The highest BCUT2D eigenvalue weighted by Gasteiger charge is 2.30. The van der Waals surface area contributed by atoms with E-state index in [-0.39, 0.29) is 28.1 Å². The maximum Gasteiger partial charge on any atom is 0.264 e. The van der Waals surface area contributed by atoms with Gasteiger partial charge in [-0.25, -0.2) is 8.42 Å². The van der Waals surface area contributed by atoms with Gasteiger partial charge < -0.3 is 9.64 Å². The number of para-hydroxylation sites is 1. The Hall–Kier alpha value is -2.09. The summed E-state index contributed by atoms with van der Waals surface area (Å²) in [5.74, 6) is -0.285. The summed E-state index contributed by atoms with van der Waals surface area (Å²) in [5.41, 5.74) is 0.277. The molecule has 1 heterocycles. The monoisotopic (exact) mass is 394 g/mol. The molecule has 0 unspecified atom stereocenters. The Morgan fingerprint density at radius 1 is 1.04 bits per heavy atom. The summed E-state index contributed by atoms with van der Waals surface area (Å²) >= 11 is 6.23. The second-order valence-electron chi connectivity index (χ2n) is 5.77. The number of rotatable bonds is 5. The summed E-state index contributed by atoms with van der Waals surface area (Å²) in [4.78, 5) is 14.4. The van der Waals surface area contributed by atoms with Crippen molar-refractivity contribution in [3.8, 4) is 0 Å². The summed E-state index contributed by atoms with van der Waals surface area (Å²) in [6, 6.07) is 14.6. The molecule has 138 valence electrons. The summed E-state index contributed by atoms with van der Waals surface area (Å²) in [6.45, 7) is 1.47. The summed E-state index contributed by atoms with van der Waals surface area (Å²) in [7, 11) is -3.94. The van der Waals surface area contributed by atoms with Crippen LogP contribution in [0.5, 0.6) is 0 Å². The highest BCUT2D eigenvalue weighted by atomic mass is 35.5. The molecule has 1 aliphatic heterocycles. The molecule has 1 saturated heterocycles. The van der Waals surface area contributed by atoms with Crippen LogP contribution in [0.25, 0.3) is 0 Å². The summed E-state index contributed by atoms with van der Waals surface area (Å²) in [6.07, 6.45) is 0. The van der Waals surface area contributed by atoms with E-state index in [4.69, 9.17) is 16.3 Å². The number of amides is 1. The van der Waals surface area contributed by atoms with Crippen molar-refractivity contribution in [3.63, 3.8) is 0 Å². The number of anilines is 1. The predicted octanol–water partition coefficient (Wildman–Crippen LogP) is 2.39. The fourth-order valence-corrected chi connectivity index (χ4v) is 4.45. The third-order valence-electron chi connectivity index (χ3n) is 4.10. The van der Waals surface area contributed by atoms with Crippen LogP contribution in [-0.2, 0) is 19.6 Å². The van der Waals surface area contributed by atoms with E-state index in [1.165, 1.54) is 12.1 Å². The van der Waals surface area contributed by atoms with Crippen LogP contribution in [0, 0.1) is 0 Å². The molecule has 0 atom stereocenters. The van der Waals surface area contributed by atoms with Gasteiger partial charge in [0.25, 0.3) is 10.0 Å². The number of benzene rings is 2. The largest absolute Gasteiger partial charge is 0.378 e. The SMILES string of the molecule is O=C(CN(c1ccccc1Cl)S(=O)(=O)c1ccccc1)N1CCOCC1. The lowest BCUT2D eigenvalue weighted by atomic mass is 10.3. The Kier molecular flexibility index (Phi) is 5.80. The lowest BCUT2D eigenvalue weighted by molar-refractivity contribution is -0.133. The van der Waals surface area contributed by atoms with Crippen molar-refractivity contribution in [2.75, 3.05) is 37.2 Å². The quantitative estimate of drug-likeness (QED) is 0.781. The van der Waals surface area contributed by atoms with Gasteiger partial charge in [0.2, 0.25) is 5.91 Å². The third kappa shape index (κ3) is 4.00. The molecule has 0 bridgehead atoms. The van der Waals surface area contributed by atoms with Crippen molar-refractivity contribution in [2.45, 2.75) is 4.90 Å². The fraction of sp³-hybridized carbons (Fsp3) is 0.278. The van der Waals surface area contributed by atoms with Gasteiger partial charge in [-0.3, -0.25) is 9.10 Å². The average Bonchev–Trinajstić information content (AvgIpc) is 2.68. The number of carbonyl (C=O) groups excluding carboxylic acids is 1. The van der Waals surface area contributed by atoms with Gasteiger partial charge in [0.05, 0.1) is 28.8 Å². The Labute approximate surface area is 158 Å². The van der Waals surface area contributed by atoms with Gasteiger partial charge in [-0.05, 0) is 24.3 Å². The first-order valence-corrected chi connectivity index (χ1v) is 10.00. The highest BCUT2D eigenvalue weighted by molar-refractivity contribution is 7.92. The van der Waals surface area contributed by atoms with Gasteiger partial charge in [-0.15, -0.1) is 0 Å². The van der Waals surface area contributed by atoms with Crippen LogP contribution in [0.3, 0.4) is 0 Å².